The number of nitrogens with zero attached hydrogens (tertiary/aromatic N) is 2. The van der Waals surface area contributed by atoms with Crippen LogP contribution in [0.25, 0.3) is 16.6 Å². The van der Waals surface area contributed by atoms with E-state index >= 15 is 0 Å². The molecule has 6 heteroatoms. The summed E-state index contributed by atoms with van der Waals surface area (Å²) in [5, 5.41) is 0. The smallest absolute Gasteiger partial charge is 0.410 e. The highest BCUT2D eigenvalue weighted by Gasteiger charge is 2.24. The van der Waals surface area contributed by atoms with Crippen LogP contribution in [0, 0.1) is 0 Å². The minimum atomic E-state index is -0.473. The molecule has 0 unspecified atom stereocenters. The molecule has 2 aromatic heterocycles. The number of aromatic nitrogens is 2. The normalized spacial score (nSPS) is 15.6. The van der Waals surface area contributed by atoms with Gasteiger partial charge in [-0.05, 0) is 44.9 Å². The number of nitrogen functional groups attached to an aromatic ring is 1. The van der Waals surface area contributed by atoms with Gasteiger partial charge < -0.3 is 20.4 Å². The molecular formula is C17H22N4O2. The maximum absolute atomic E-state index is 12.1. The van der Waals surface area contributed by atoms with Crippen LogP contribution < -0.4 is 5.73 Å². The molecule has 3 N–H and O–H groups in total. The van der Waals surface area contributed by atoms with Crippen molar-refractivity contribution in [3.8, 4) is 0 Å². The Hall–Kier alpha value is -2.50. The molecule has 0 radical (unpaired) electrons. The number of H-pyrrole nitrogens is 1. The van der Waals surface area contributed by atoms with Crippen LogP contribution >= 0.6 is 0 Å². The molecule has 1 aliphatic heterocycles. The van der Waals surface area contributed by atoms with Gasteiger partial charge in [0.05, 0.1) is 11.0 Å². The fourth-order valence-electron chi connectivity index (χ4n) is 2.67. The van der Waals surface area contributed by atoms with Crippen molar-refractivity contribution in [3.05, 3.63) is 30.0 Å². The van der Waals surface area contributed by atoms with Gasteiger partial charge in [0.1, 0.15) is 11.4 Å². The number of aromatic amines is 1. The summed E-state index contributed by atoms with van der Waals surface area (Å²) in [6.45, 7) is 6.79. The first kappa shape index (κ1) is 15.4. The van der Waals surface area contributed by atoms with Crippen molar-refractivity contribution in [3.63, 3.8) is 0 Å². The molecule has 0 aromatic carbocycles. The highest BCUT2D eigenvalue weighted by molar-refractivity contribution is 5.90. The summed E-state index contributed by atoms with van der Waals surface area (Å²) in [5.41, 5.74) is 9.38. The van der Waals surface area contributed by atoms with Gasteiger partial charge in [0.15, 0.2) is 0 Å². The molecule has 0 saturated carbocycles. The second kappa shape index (κ2) is 5.61. The number of nitrogens with two attached hydrogens (primary N) is 1. The Morgan fingerprint density at radius 2 is 2.17 bits per heavy atom. The monoisotopic (exact) mass is 314 g/mol. The van der Waals surface area contributed by atoms with Crippen molar-refractivity contribution in [1.29, 1.82) is 0 Å². The summed E-state index contributed by atoms with van der Waals surface area (Å²) >= 11 is 0. The predicted octanol–water partition coefficient (Wildman–Crippen LogP) is 3.17. The third kappa shape index (κ3) is 3.31. The van der Waals surface area contributed by atoms with Crippen LogP contribution in [0.3, 0.4) is 0 Å². The van der Waals surface area contributed by atoms with Crippen LogP contribution in [0.1, 0.15) is 32.8 Å². The highest BCUT2D eigenvalue weighted by Crippen LogP contribution is 2.29. The fraction of sp³-hybridized carbons (Fsp3) is 0.412. The van der Waals surface area contributed by atoms with E-state index in [1.54, 1.807) is 11.0 Å². The zero-order valence-corrected chi connectivity index (χ0v) is 13.7. The van der Waals surface area contributed by atoms with Gasteiger partial charge in [0.2, 0.25) is 0 Å². The number of pyridine rings is 1. The summed E-state index contributed by atoms with van der Waals surface area (Å²) in [4.78, 5) is 21.4. The number of hydrogen-bond acceptors (Lipinski definition) is 4. The number of hydrogen-bond donors (Lipinski definition) is 2. The van der Waals surface area contributed by atoms with E-state index in [0.717, 1.165) is 23.0 Å². The second-order valence-corrected chi connectivity index (χ2v) is 6.74. The lowest BCUT2D eigenvalue weighted by Gasteiger charge is -2.29. The molecule has 0 saturated heterocycles. The van der Waals surface area contributed by atoms with E-state index in [0.29, 0.717) is 18.9 Å². The first-order valence-electron chi connectivity index (χ1n) is 7.74. The number of fused-ring (bicyclic) bond motifs is 1. The molecule has 0 spiro atoms. The Labute approximate surface area is 135 Å². The average molecular weight is 314 g/mol. The first-order valence-corrected chi connectivity index (χ1v) is 7.74. The van der Waals surface area contributed by atoms with Crippen molar-refractivity contribution in [2.45, 2.75) is 32.8 Å². The van der Waals surface area contributed by atoms with E-state index in [-0.39, 0.29) is 6.09 Å². The molecule has 3 heterocycles. The van der Waals surface area contributed by atoms with Crippen molar-refractivity contribution < 1.29 is 9.53 Å². The first-order chi connectivity index (χ1) is 10.8. The third-order valence-corrected chi connectivity index (χ3v) is 3.75. The van der Waals surface area contributed by atoms with Gasteiger partial charge in [-0.3, -0.25) is 0 Å². The molecule has 122 valence electrons. The number of carbonyl (C=O) groups is 1. The van der Waals surface area contributed by atoms with Gasteiger partial charge in [-0.25, -0.2) is 9.78 Å². The predicted molar refractivity (Wildman–Crippen MR) is 90.9 cm³/mol. The minimum absolute atomic E-state index is 0.269. The van der Waals surface area contributed by atoms with Gasteiger partial charge >= 0.3 is 6.09 Å². The second-order valence-electron chi connectivity index (χ2n) is 6.74. The number of ether oxygens (including phenoxy) is 1. The number of rotatable bonds is 1. The van der Waals surface area contributed by atoms with Crippen LogP contribution in [0.4, 0.5) is 10.6 Å². The number of anilines is 1. The van der Waals surface area contributed by atoms with Crippen LogP contribution in [0.2, 0.25) is 0 Å². The lowest BCUT2D eigenvalue weighted by Crippen LogP contribution is -2.39. The van der Waals surface area contributed by atoms with E-state index in [1.165, 1.54) is 5.57 Å². The van der Waals surface area contributed by atoms with Crippen LogP contribution in [-0.4, -0.2) is 39.7 Å². The zero-order valence-electron chi connectivity index (χ0n) is 13.7. The molecular weight excluding hydrogens is 292 g/mol. The Bertz CT molecular complexity index is 770. The lowest BCUT2D eigenvalue weighted by atomic mass is 10.0. The van der Waals surface area contributed by atoms with E-state index in [2.05, 4.69) is 16.0 Å². The Morgan fingerprint density at radius 1 is 1.39 bits per heavy atom. The van der Waals surface area contributed by atoms with Gasteiger partial charge in [-0.1, -0.05) is 6.08 Å². The molecule has 2 aromatic rings. The molecule has 0 fully saturated rings. The Kier molecular flexibility index (Phi) is 3.75. The topological polar surface area (TPSA) is 84.2 Å². The van der Waals surface area contributed by atoms with Crippen molar-refractivity contribution in [2.75, 3.05) is 18.8 Å². The molecule has 23 heavy (non-hydrogen) atoms. The maximum Gasteiger partial charge on any atom is 0.410 e. The summed E-state index contributed by atoms with van der Waals surface area (Å²) in [5.74, 6) is 0.505. The lowest BCUT2D eigenvalue weighted by molar-refractivity contribution is 0.0270. The van der Waals surface area contributed by atoms with Gasteiger partial charge in [0.25, 0.3) is 0 Å². The summed E-state index contributed by atoms with van der Waals surface area (Å²) < 4.78 is 5.41. The molecule has 3 rings (SSSR count). The Balaban J connectivity index is 1.78. The van der Waals surface area contributed by atoms with Crippen LogP contribution in [0.5, 0.6) is 0 Å². The standard InChI is InChI=1S/C17H22N4O2/c1-17(2,3)23-16(22)21-8-6-11(7-9-21)12-10-19-13-4-5-14(18)20-15(12)13/h4-6,10,19H,7-9H2,1-3H3,(H2,18,20). The zero-order chi connectivity index (χ0) is 16.6. The third-order valence-electron chi connectivity index (χ3n) is 3.75. The van der Waals surface area contributed by atoms with Gasteiger partial charge in [-0.15, -0.1) is 0 Å². The fourth-order valence-corrected chi connectivity index (χ4v) is 2.67. The highest BCUT2D eigenvalue weighted by atomic mass is 16.6. The molecule has 6 nitrogen and oxygen atoms in total. The molecule has 0 bridgehead atoms. The number of carbonyl (C=O) groups excluding carboxylic acids is 1. The average Bonchev–Trinajstić information content (AvgIpc) is 2.88. The molecule has 1 amide bonds. The van der Waals surface area contributed by atoms with Gasteiger partial charge in [0, 0.05) is 24.8 Å². The van der Waals surface area contributed by atoms with Gasteiger partial charge in [-0.2, -0.15) is 0 Å². The quantitative estimate of drug-likeness (QED) is 0.846. The largest absolute Gasteiger partial charge is 0.444 e. The SMILES string of the molecule is CC(C)(C)OC(=O)N1CC=C(c2c[nH]c3ccc(N)nc23)CC1. The van der Waals surface area contributed by atoms with Crippen molar-refractivity contribution in [1.82, 2.24) is 14.9 Å². The van der Waals surface area contributed by atoms with E-state index in [4.69, 9.17) is 10.5 Å². The van der Waals surface area contributed by atoms with E-state index in [1.807, 2.05) is 33.0 Å². The minimum Gasteiger partial charge on any atom is -0.444 e. The molecule has 0 atom stereocenters. The Morgan fingerprint density at radius 3 is 2.83 bits per heavy atom. The summed E-state index contributed by atoms with van der Waals surface area (Å²) in [6.07, 6.45) is 4.50. The molecule has 1 aliphatic rings. The van der Waals surface area contributed by atoms with E-state index in [9.17, 15) is 4.79 Å². The number of nitrogens with one attached hydrogen (secondary N) is 1. The van der Waals surface area contributed by atoms with Crippen LogP contribution in [-0.2, 0) is 4.74 Å². The maximum atomic E-state index is 12.1. The van der Waals surface area contributed by atoms with Crippen molar-refractivity contribution in [2.24, 2.45) is 0 Å². The summed E-state index contributed by atoms with van der Waals surface area (Å²) in [6, 6.07) is 3.71. The van der Waals surface area contributed by atoms with E-state index < -0.39 is 5.60 Å². The summed E-state index contributed by atoms with van der Waals surface area (Å²) in [7, 11) is 0. The van der Waals surface area contributed by atoms with Crippen molar-refractivity contribution >= 4 is 28.5 Å². The van der Waals surface area contributed by atoms with Crippen LogP contribution in [0.15, 0.2) is 24.4 Å². The molecule has 0 aliphatic carbocycles. The number of amides is 1.